The Morgan fingerprint density at radius 1 is 1.29 bits per heavy atom. The van der Waals surface area contributed by atoms with Gasteiger partial charge >= 0.3 is 0 Å². The van der Waals surface area contributed by atoms with Gasteiger partial charge in [-0.3, -0.25) is 9.69 Å². The van der Waals surface area contributed by atoms with Gasteiger partial charge in [-0.25, -0.2) is 0 Å². The summed E-state index contributed by atoms with van der Waals surface area (Å²) >= 11 is 0. The lowest BCUT2D eigenvalue weighted by Crippen LogP contribution is -2.32. The molecule has 0 spiro atoms. The number of carbonyl (C=O) groups excluding carboxylic acids is 1. The lowest BCUT2D eigenvalue weighted by Gasteiger charge is -2.19. The summed E-state index contributed by atoms with van der Waals surface area (Å²) in [5.74, 6) is 0.802. The number of rotatable bonds is 7. The van der Waals surface area contributed by atoms with Crippen molar-refractivity contribution in [1.82, 2.24) is 4.90 Å². The summed E-state index contributed by atoms with van der Waals surface area (Å²) in [4.78, 5) is 14.2. The first-order valence-corrected chi connectivity index (χ1v) is 7.05. The second kappa shape index (κ2) is 7.61. The summed E-state index contributed by atoms with van der Waals surface area (Å²) in [5, 5.41) is 2.91. The van der Waals surface area contributed by atoms with E-state index in [2.05, 4.69) is 5.32 Å². The topological polar surface area (TPSA) is 71.5 Å². The smallest absolute Gasteiger partial charge is 0.238 e. The van der Waals surface area contributed by atoms with Crippen LogP contribution in [-0.2, 0) is 17.9 Å². The van der Waals surface area contributed by atoms with Crippen LogP contribution < -0.4 is 11.1 Å². The van der Waals surface area contributed by atoms with Crippen molar-refractivity contribution in [3.63, 3.8) is 0 Å². The molecule has 2 aromatic rings. The largest absolute Gasteiger partial charge is 0.468 e. The number of hydrogen-bond donors (Lipinski definition) is 2. The van der Waals surface area contributed by atoms with Crippen LogP contribution in [0.1, 0.15) is 18.2 Å². The van der Waals surface area contributed by atoms with Crippen molar-refractivity contribution >= 4 is 11.6 Å². The summed E-state index contributed by atoms with van der Waals surface area (Å²) < 4.78 is 5.31. The molecular weight excluding hydrogens is 266 g/mol. The van der Waals surface area contributed by atoms with Gasteiger partial charge in [0.2, 0.25) is 5.91 Å². The van der Waals surface area contributed by atoms with Crippen LogP contribution in [-0.4, -0.2) is 23.9 Å². The Morgan fingerprint density at radius 3 is 2.76 bits per heavy atom. The average Bonchev–Trinajstić information content (AvgIpc) is 3.00. The molecule has 0 aliphatic rings. The molecule has 21 heavy (non-hydrogen) atoms. The lowest BCUT2D eigenvalue weighted by molar-refractivity contribution is -0.117. The Morgan fingerprint density at radius 2 is 2.10 bits per heavy atom. The SMILES string of the molecule is CCN(CC(=O)Nc1ccccc1CN)Cc1ccco1. The van der Waals surface area contributed by atoms with E-state index < -0.39 is 0 Å². The summed E-state index contributed by atoms with van der Waals surface area (Å²) in [5.41, 5.74) is 7.38. The Kier molecular flexibility index (Phi) is 5.54. The molecule has 0 saturated heterocycles. The third-order valence-corrected chi connectivity index (χ3v) is 3.29. The van der Waals surface area contributed by atoms with Gasteiger partial charge < -0.3 is 15.5 Å². The average molecular weight is 287 g/mol. The first kappa shape index (κ1) is 15.3. The van der Waals surface area contributed by atoms with E-state index in [1.54, 1.807) is 6.26 Å². The van der Waals surface area contributed by atoms with E-state index in [1.807, 2.05) is 48.2 Å². The zero-order chi connectivity index (χ0) is 15.1. The third-order valence-electron chi connectivity index (χ3n) is 3.29. The molecule has 2 rings (SSSR count). The monoisotopic (exact) mass is 287 g/mol. The number of para-hydroxylation sites is 1. The molecule has 0 fully saturated rings. The van der Waals surface area contributed by atoms with Gasteiger partial charge in [0, 0.05) is 12.2 Å². The number of furan rings is 1. The molecule has 3 N–H and O–H groups in total. The van der Waals surface area contributed by atoms with Crippen molar-refractivity contribution in [3.05, 3.63) is 54.0 Å². The van der Waals surface area contributed by atoms with Crippen molar-refractivity contribution in [3.8, 4) is 0 Å². The van der Waals surface area contributed by atoms with Crippen molar-refractivity contribution < 1.29 is 9.21 Å². The summed E-state index contributed by atoms with van der Waals surface area (Å²) in [6.07, 6.45) is 1.64. The number of carbonyl (C=O) groups is 1. The van der Waals surface area contributed by atoms with Crippen LogP contribution in [0.5, 0.6) is 0 Å². The summed E-state index contributed by atoms with van der Waals surface area (Å²) in [6, 6.07) is 11.3. The highest BCUT2D eigenvalue weighted by atomic mass is 16.3. The fourth-order valence-electron chi connectivity index (χ4n) is 2.12. The number of anilines is 1. The Labute approximate surface area is 124 Å². The molecule has 0 aliphatic carbocycles. The van der Waals surface area contributed by atoms with Crippen LogP contribution in [0.3, 0.4) is 0 Å². The van der Waals surface area contributed by atoms with Gasteiger partial charge in [0.05, 0.1) is 19.4 Å². The van der Waals surface area contributed by atoms with E-state index in [9.17, 15) is 4.79 Å². The maximum Gasteiger partial charge on any atom is 0.238 e. The summed E-state index contributed by atoms with van der Waals surface area (Å²) in [7, 11) is 0. The number of benzene rings is 1. The van der Waals surface area contributed by atoms with Gasteiger partial charge in [-0.1, -0.05) is 25.1 Å². The van der Waals surface area contributed by atoms with Crippen molar-refractivity contribution in [2.45, 2.75) is 20.0 Å². The zero-order valence-corrected chi connectivity index (χ0v) is 12.2. The Balaban J connectivity index is 1.93. The molecule has 112 valence electrons. The fourth-order valence-corrected chi connectivity index (χ4v) is 2.12. The number of nitrogens with one attached hydrogen (secondary N) is 1. The molecule has 0 bridgehead atoms. The predicted octanol–water partition coefficient (Wildman–Crippen LogP) is 2.20. The minimum Gasteiger partial charge on any atom is -0.468 e. The highest BCUT2D eigenvalue weighted by molar-refractivity contribution is 5.92. The molecule has 0 aliphatic heterocycles. The van der Waals surface area contributed by atoms with Gasteiger partial charge in [0.1, 0.15) is 5.76 Å². The second-order valence-corrected chi connectivity index (χ2v) is 4.79. The van der Waals surface area contributed by atoms with E-state index in [0.717, 1.165) is 23.6 Å². The number of nitrogens with two attached hydrogens (primary N) is 1. The van der Waals surface area contributed by atoms with Crippen molar-refractivity contribution in [1.29, 1.82) is 0 Å². The quantitative estimate of drug-likeness (QED) is 0.819. The van der Waals surface area contributed by atoms with Crippen LogP contribution in [0.15, 0.2) is 47.1 Å². The van der Waals surface area contributed by atoms with Crippen LogP contribution in [0.4, 0.5) is 5.69 Å². The molecular formula is C16H21N3O2. The Hall–Kier alpha value is -2.11. The molecule has 0 saturated carbocycles. The highest BCUT2D eigenvalue weighted by Crippen LogP contribution is 2.14. The molecule has 5 nitrogen and oxygen atoms in total. The summed E-state index contributed by atoms with van der Waals surface area (Å²) in [6.45, 7) is 4.13. The van der Waals surface area contributed by atoms with Gasteiger partial charge in [-0.2, -0.15) is 0 Å². The second-order valence-electron chi connectivity index (χ2n) is 4.79. The van der Waals surface area contributed by atoms with Crippen molar-refractivity contribution in [2.75, 3.05) is 18.4 Å². The van der Waals surface area contributed by atoms with Crippen LogP contribution in [0.25, 0.3) is 0 Å². The Bertz CT molecular complexity index is 567. The zero-order valence-electron chi connectivity index (χ0n) is 12.2. The van der Waals surface area contributed by atoms with E-state index in [0.29, 0.717) is 19.6 Å². The molecule has 0 unspecified atom stereocenters. The highest BCUT2D eigenvalue weighted by Gasteiger charge is 2.12. The molecule has 1 aromatic heterocycles. The maximum atomic E-state index is 12.2. The minimum atomic E-state index is -0.0516. The first-order chi connectivity index (χ1) is 10.2. The first-order valence-electron chi connectivity index (χ1n) is 7.05. The van der Waals surface area contributed by atoms with Crippen molar-refractivity contribution in [2.24, 2.45) is 5.73 Å². The van der Waals surface area contributed by atoms with Gasteiger partial charge in [-0.05, 0) is 30.3 Å². The van der Waals surface area contributed by atoms with Gasteiger partial charge in [0.15, 0.2) is 0 Å². The van der Waals surface area contributed by atoms with Gasteiger partial charge in [0.25, 0.3) is 0 Å². The predicted molar refractivity (Wildman–Crippen MR) is 82.6 cm³/mol. The third kappa shape index (κ3) is 4.44. The van der Waals surface area contributed by atoms with Crippen LogP contribution in [0.2, 0.25) is 0 Å². The maximum absolute atomic E-state index is 12.2. The van der Waals surface area contributed by atoms with Crippen LogP contribution >= 0.6 is 0 Å². The van der Waals surface area contributed by atoms with E-state index in [-0.39, 0.29) is 5.91 Å². The lowest BCUT2D eigenvalue weighted by atomic mass is 10.2. The minimum absolute atomic E-state index is 0.0516. The molecule has 0 atom stereocenters. The molecule has 5 heteroatoms. The van der Waals surface area contributed by atoms with Gasteiger partial charge in [-0.15, -0.1) is 0 Å². The number of nitrogens with zero attached hydrogens (tertiary/aromatic N) is 1. The molecule has 0 radical (unpaired) electrons. The van der Waals surface area contributed by atoms with E-state index in [4.69, 9.17) is 10.2 Å². The van der Waals surface area contributed by atoms with E-state index >= 15 is 0 Å². The van der Waals surface area contributed by atoms with Crippen LogP contribution in [0, 0.1) is 0 Å². The number of likely N-dealkylation sites (N-methyl/N-ethyl adjacent to an activating group) is 1. The normalized spacial score (nSPS) is 10.8. The number of hydrogen-bond acceptors (Lipinski definition) is 4. The molecule has 1 heterocycles. The fraction of sp³-hybridized carbons (Fsp3) is 0.312. The standard InChI is InChI=1S/C16H21N3O2/c1-2-19(11-14-7-5-9-21-14)12-16(20)18-15-8-4-3-6-13(15)10-17/h3-9H,2,10-12,17H2,1H3,(H,18,20). The molecule has 1 amide bonds. The van der Waals surface area contributed by atoms with E-state index in [1.165, 1.54) is 0 Å². The molecule has 1 aromatic carbocycles. The number of amides is 1.